The predicted molar refractivity (Wildman–Crippen MR) is 78.7 cm³/mol. The molecule has 2 N–H and O–H groups in total. The van der Waals surface area contributed by atoms with E-state index in [0.29, 0.717) is 6.42 Å². The largest absolute Gasteiger partial charge is 0.390 e. The third kappa shape index (κ3) is 4.14. The smallest absolute Gasteiger partial charge is 0.166 e. The molecule has 0 aliphatic carbocycles. The van der Waals surface area contributed by atoms with Gasteiger partial charge in [-0.05, 0) is 25.5 Å². The molecule has 1 aliphatic rings. The number of hydrogen-bond acceptors (Lipinski definition) is 3. The van der Waals surface area contributed by atoms with E-state index in [1.807, 2.05) is 36.4 Å². The lowest BCUT2D eigenvalue weighted by molar-refractivity contribution is -0.269. The molecule has 0 bridgehead atoms. The third-order valence-corrected chi connectivity index (χ3v) is 3.88. The molecule has 19 heavy (non-hydrogen) atoms. The zero-order valence-electron chi connectivity index (χ0n) is 11.1. The Labute approximate surface area is 122 Å². The van der Waals surface area contributed by atoms with Crippen LogP contribution < -0.4 is 0 Å². The Morgan fingerprint density at radius 1 is 1.32 bits per heavy atom. The van der Waals surface area contributed by atoms with Crippen molar-refractivity contribution in [1.29, 1.82) is 0 Å². The fraction of sp³-hybridized carbons (Fsp3) is 0.467. The summed E-state index contributed by atoms with van der Waals surface area (Å²) in [6.45, 7) is 3.30. The molecule has 0 unspecified atom stereocenters. The van der Waals surface area contributed by atoms with Gasteiger partial charge in [-0.2, -0.15) is 0 Å². The van der Waals surface area contributed by atoms with Crippen LogP contribution in [0.25, 0.3) is 6.08 Å². The molecular formula is C15H19BrO3. The molecule has 1 fully saturated rings. The fourth-order valence-electron chi connectivity index (χ4n) is 2.52. The molecule has 104 valence electrons. The summed E-state index contributed by atoms with van der Waals surface area (Å²) < 4.78 is 6.44. The molecule has 1 aromatic carbocycles. The van der Waals surface area contributed by atoms with Gasteiger partial charge in [-0.3, -0.25) is 0 Å². The molecule has 0 spiro atoms. The first-order valence-corrected chi connectivity index (χ1v) is 7.11. The summed E-state index contributed by atoms with van der Waals surface area (Å²) in [5.74, 6) is -1.31. The number of rotatable bonds is 2. The summed E-state index contributed by atoms with van der Waals surface area (Å²) in [4.78, 5) is 0. The first kappa shape index (κ1) is 14.7. The quantitative estimate of drug-likeness (QED) is 0.878. The van der Waals surface area contributed by atoms with Crippen LogP contribution >= 0.6 is 15.9 Å². The van der Waals surface area contributed by atoms with Crippen LogP contribution in [0, 0.1) is 0 Å². The van der Waals surface area contributed by atoms with Gasteiger partial charge in [-0.1, -0.05) is 46.3 Å². The summed E-state index contributed by atoms with van der Waals surface area (Å²) >= 11 is 3.49. The predicted octanol–water partition coefficient (Wildman–Crippen LogP) is 3.06. The lowest BCUT2D eigenvalue weighted by Gasteiger charge is -2.42. The van der Waals surface area contributed by atoms with Crippen molar-refractivity contribution in [3.63, 3.8) is 0 Å². The Bertz CT molecular complexity index is 450. The molecule has 2 rings (SSSR count). The van der Waals surface area contributed by atoms with Crippen LogP contribution in [0.1, 0.15) is 32.3 Å². The second kappa shape index (κ2) is 5.37. The van der Waals surface area contributed by atoms with Gasteiger partial charge in [0.2, 0.25) is 0 Å². The summed E-state index contributed by atoms with van der Waals surface area (Å²) in [7, 11) is 0. The van der Waals surface area contributed by atoms with Gasteiger partial charge in [-0.25, -0.2) is 0 Å². The molecule has 4 heteroatoms. The van der Waals surface area contributed by atoms with E-state index < -0.39 is 11.4 Å². The monoisotopic (exact) mass is 326 g/mol. The van der Waals surface area contributed by atoms with Gasteiger partial charge in [0.05, 0.1) is 11.7 Å². The van der Waals surface area contributed by atoms with Gasteiger partial charge in [0.25, 0.3) is 0 Å². The minimum atomic E-state index is -1.31. The maximum atomic E-state index is 10.2. The molecule has 0 amide bonds. The van der Waals surface area contributed by atoms with Crippen LogP contribution in [-0.2, 0) is 4.74 Å². The van der Waals surface area contributed by atoms with Crippen LogP contribution in [-0.4, -0.2) is 27.7 Å². The molecule has 0 aromatic heterocycles. The lowest BCUT2D eigenvalue weighted by Crippen LogP contribution is -2.49. The molecule has 3 atom stereocenters. The van der Waals surface area contributed by atoms with Crippen molar-refractivity contribution in [2.24, 2.45) is 0 Å². The molecule has 0 saturated carbocycles. The van der Waals surface area contributed by atoms with Gasteiger partial charge in [-0.15, -0.1) is 0 Å². The maximum absolute atomic E-state index is 10.2. The van der Waals surface area contributed by atoms with E-state index in [1.165, 1.54) is 0 Å². The standard InChI is InChI=1S/C15H19BrO3/c1-14(17)9-13(19-15(2,18)10-14)12(16)8-11-6-4-3-5-7-11/h3-8,13,17-18H,9-10H2,1-2H3/b12-8-/t13-,14+,15-/m1/s1. The van der Waals surface area contributed by atoms with Crippen molar-refractivity contribution in [2.45, 2.75) is 44.2 Å². The van der Waals surface area contributed by atoms with Gasteiger partial charge in [0, 0.05) is 17.3 Å². The second-order valence-electron chi connectivity index (χ2n) is 5.60. The highest BCUT2D eigenvalue weighted by Crippen LogP contribution is 2.38. The van der Waals surface area contributed by atoms with Crippen molar-refractivity contribution < 1.29 is 14.9 Å². The van der Waals surface area contributed by atoms with Crippen LogP contribution in [0.5, 0.6) is 0 Å². The van der Waals surface area contributed by atoms with Gasteiger partial charge >= 0.3 is 0 Å². The maximum Gasteiger partial charge on any atom is 0.166 e. The number of halogens is 1. The van der Waals surface area contributed by atoms with E-state index in [4.69, 9.17) is 4.74 Å². The average molecular weight is 327 g/mol. The average Bonchev–Trinajstić information content (AvgIpc) is 2.26. The normalized spacial score (nSPS) is 36.3. The topological polar surface area (TPSA) is 49.7 Å². The van der Waals surface area contributed by atoms with Crippen molar-refractivity contribution in [2.75, 3.05) is 0 Å². The molecule has 1 saturated heterocycles. The van der Waals surface area contributed by atoms with E-state index in [0.717, 1.165) is 10.0 Å². The summed E-state index contributed by atoms with van der Waals surface area (Å²) in [5.41, 5.74) is 0.110. The molecule has 1 aromatic rings. The van der Waals surface area contributed by atoms with Crippen LogP contribution in [0.4, 0.5) is 0 Å². The van der Waals surface area contributed by atoms with Crippen LogP contribution in [0.2, 0.25) is 0 Å². The van der Waals surface area contributed by atoms with E-state index >= 15 is 0 Å². The first-order valence-electron chi connectivity index (χ1n) is 6.32. The van der Waals surface area contributed by atoms with E-state index in [-0.39, 0.29) is 12.5 Å². The Hall–Kier alpha value is -0.680. The minimum absolute atomic E-state index is 0.210. The Kier molecular flexibility index (Phi) is 4.16. The molecule has 3 nitrogen and oxygen atoms in total. The number of hydrogen-bond donors (Lipinski definition) is 2. The summed E-state index contributed by atoms with van der Waals surface area (Å²) in [6.07, 6.45) is 2.26. The Morgan fingerprint density at radius 2 is 1.95 bits per heavy atom. The van der Waals surface area contributed by atoms with Crippen molar-refractivity contribution in [1.82, 2.24) is 0 Å². The zero-order valence-corrected chi connectivity index (χ0v) is 12.7. The Morgan fingerprint density at radius 3 is 2.53 bits per heavy atom. The van der Waals surface area contributed by atoms with Gasteiger partial charge in [0.1, 0.15) is 0 Å². The van der Waals surface area contributed by atoms with E-state index in [2.05, 4.69) is 15.9 Å². The highest BCUT2D eigenvalue weighted by Gasteiger charge is 2.43. The molecule has 0 radical (unpaired) electrons. The van der Waals surface area contributed by atoms with Gasteiger partial charge < -0.3 is 14.9 Å². The van der Waals surface area contributed by atoms with Crippen molar-refractivity contribution in [3.05, 3.63) is 40.4 Å². The molecule has 1 aliphatic heterocycles. The van der Waals surface area contributed by atoms with Crippen LogP contribution in [0.3, 0.4) is 0 Å². The van der Waals surface area contributed by atoms with Crippen molar-refractivity contribution in [3.8, 4) is 0 Å². The highest BCUT2D eigenvalue weighted by atomic mass is 79.9. The lowest BCUT2D eigenvalue weighted by atomic mass is 9.87. The number of aliphatic hydroxyl groups is 2. The molecular weight excluding hydrogens is 308 g/mol. The second-order valence-corrected chi connectivity index (χ2v) is 6.51. The third-order valence-electron chi connectivity index (χ3n) is 3.14. The minimum Gasteiger partial charge on any atom is -0.390 e. The first-order chi connectivity index (χ1) is 8.77. The zero-order chi connectivity index (χ0) is 14.1. The van der Waals surface area contributed by atoms with Crippen molar-refractivity contribution >= 4 is 22.0 Å². The number of ether oxygens (including phenoxy) is 1. The highest BCUT2D eigenvalue weighted by molar-refractivity contribution is 9.11. The van der Waals surface area contributed by atoms with Crippen LogP contribution in [0.15, 0.2) is 34.8 Å². The van der Waals surface area contributed by atoms with Gasteiger partial charge in [0.15, 0.2) is 5.79 Å². The fourth-order valence-corrected chi connectivity index (χ4v) is 3.04. The van der Waals surface area contributed by atoms with E-state index in [9.17, 15) is 10.2 Å². The molecule has 1 heterocycles. The Balaban J connectivity index is 2.19. The van der Waals surface area contributed by atoms with E-state index in [1.54, 1.807) is 13.8 Å². The SMILES string of the molecule is C[C@]1(O)C[C@H](/C(Br)=C/c2ccccc2)O[C@@](C)(O)C1. The summed E-state index contributed by atoms with van der Waals surface area (Å²) in [5, 5.41) is 20.3. The summed E-state index contributed by atoms with van der Waals surface area (Å²) in [6, 6.07) is 9.85. The number of benzene rings is 1.